The summed E-state index contributed by atoms with van der Waals surface area (Å²) in [5, 5.41) is 7.13. The molecule has 2 N–H and O–H groups in total. The van der Waals surface area contributed by atoms with Crippen molar-refractivity contribution in [3.05, 3.63) is 0 Å². The molecule has 5 nitrogen and oxygen atoms in total. The number of halogens is 1. The van der Waals surface area contributed by atoms with E-state index in [9.17, 15) is 0 Å². The van der Waals surface area contributed by atoms with Gasteiger partial charge in [-0.1, -0.05) is 13.8 Å². The van der Waals surface area contributed by atoms with Crippen LogP contribution in [0.1, 0.15) is 47.0 Å². The van der Waals surface area contributed by atoms with E-state index in [-0.39, 0.29) is 24.0 Å². The Bertz CT molecular complexity index is 349. The average molecular weight is 453 g/mol. The Morgan fingerprint density at radius 2 is 1.75 bits per heavy atom. The van der Waals surface area contributed by atoms with E-state index in [1.165, 1.54) is 32.4 Å². The second-order valence-corrected chi connectivity index (χ2v) is 7.75. The van der Waals surface area contributed by atoms with Crippen molar-refractivity contribution in [1.29, 1.82) is 0 Å². The van der Waals surface area contributed by atoms with E-state index in [1.807, 2.05) is 7.05 Å². The largest absolute Gasteiger partial charge is 0.355 e. The highest BCUT2D eigenvalue weighted by Crippen LogP contribution is 2.13. The monoisotopic (exact) mass is 453 g/mol. The number of piperidine rings is 1. The predicted octanol–water partition coefficient (Wildman–Crippen LogP) is 2.62. The zero-order valence-electron chi connectivity index (χ0n) is 16.8. The van der Waals surface area contributed by atoms with Gasteiger partial charge in [0.05, 0.1) is 0 Å². The first-order valence-electron chi connectivity index (χ1n) is 9.21. The zero-order valence-corrected chi connectivity index (χ0v) is 19.1. The van der Waals surface area contributed by atoms with Gasteiger partial charge in [-0.2, -0.15) is 0 Å². The number of rotatable bonds is 7. The van der Waals surface area contributed by atoms with Crippen molar-refractivity contribution >= 4 is 29.9 Å². The average Bonchev–Trinajstić information content (AvgIpc) is 2.49. The third-order valence-corrected chi connectivity index (χ3v) is 4.80. The maximum atomic E-state index is 4.41. The zero-order chi connectivity index (χ0) is 17.4. The molecule has 144 valence electrons. The van der Waals surface area contributed by atoms with Gasteiger partial charge in [-0.3, -0.25) is 4.99 Å². The van der Waals surface area contributed by atoms with Crippen molar-refractivity contribution in [3.8, 4) is 0 Å². The van der Waals surface area contributed by atoms with Crippen molar-refractivity contribution in [2.75, 3.05) is 40.8 Å². The van der Waals surface area contributed by atoms with Gasteiger partial charge in [0.2, 0.25) is 0 Å². The Hall–Kier alpha value is -0.0800. The van der Waals surface area contributed by atoms with Crippen molar-refractivity contribution < 1.29 is 0 Å². The summed E-state index contributed by atoms with van der Waals surface area (Å²) in [6.07, 6.45) is 3.59. The highest BCUT2D eigenvalue weighted by molar-refractivity contribution is 14.0. The molecule has 0 amide bonds. The molecule has 0 saturated carbocycles. The van der Waals surface area contributed by atoms with E-state index in [1.54, 1.807) is 0 Å². The molecule has 0 aliphatic carbocycles. The van der Waals surface area contributed by atoms with Crippen LogP contribution in [0.25, 0.3) is 0 Å². The van der Waals surface area contributed by atoms with Gasteiger partial charge in [0.25, 0.3) is 0 Å². The van der Waals surface area contributed by atoms with Gasteiger partial charge in [0.15, 0.2) is 5.96 Å². The van der Waals surface area contributed by atoms with Gasteiger partial charge in [-0.15, -0.1) is 24.0 Å². The molecule has 1 aliphatic heterocycles. The molecule has 0 aromatic heterocycles. The minimum absolute atomic E-state index is 0. The molecule has 24 heavy (non-hydrogen) atoms. The minimum atomic E-state index is 0. The molecule has 1 heterocycles. The summed E-state index contributed by atoms with van der Waals surface area (Å²) in [7, 11) is 6.19. The smallest absolute Gasteiger partial charge is 0.191 e. The number of hydrogen-bond acceptors (Lipinski definition) is 3. The van der Waals surface area contributed by atoms with Crippen LogP contribution in [-0.4, -0.2) is 74.7 Å². The SMILES string of the molecule is CN=C(NCC(CC(C)C)N(C)C)NC1CCN(C(C)C)CC1.I. The Morgan fingerprint density at radius 3 is 2.17 bits per heavy atom. The number of nitrogens with one attached hydrogen (secondary N) is 2. The van der Waals surface area contributed by atoms with Gasteiger partial charge in [0.1, 0.15) is 0 Å². The van der Waals surface area contributed by atoms with Crippen LogP contribution in [0.4, 0.5) is 0 Å². The molecule has 1 fully saturated rings. The summed E-state index contributed by atoms with van der Waals surface area (Å²) in [5.41, 5.74) is 0. The fraction of sp³-hybridized carbons (Fsp3) is 0.944. The van der Waals surface area contributed by atoms with Crippen LogP contribution in [0.2, 0.25) is 0 Å². The van der Waals surface area contributed by atoms with E-state index in [0.29, 0.717) is 24.0 Å². The normalized spacial score (nSPS) is 18.8. The summed E-state index contributed by atoms with van der Waals surface area (Å²) in [6, 6.07) is 1.74. The van der Waals surface area contributed by atoms with Gasteiger partial charge in [-0.05, 0) is 53.1 Å². The van der Waals surface area contributed by atoms with E-state index < -0.39 is 0 Å². The Morgan fingerprint density at radius 1 is 1.17 bits per heavy atom. The number of hydrogen-bond donors (Lipinski definition) is 2. The van der Waals surface area contributed by atoms with Crippen LogP contribution >= 0.6 is 24.0 Å². The maximum absolute atomic E-state index is 4.41. The molecule has 1 rings (SSSR count). The first kappa shape index (κ1) is 23.9. The van der Waals surface area contributed by atoms with E-state index in [2.05, 4.69) is 67.2 Å². The van der Waals surface area contributed by atoms with Crippen LogP contribution in [0, 0.1) is 5.92 Å². The number of likely N-dealkylation sites (N-methyl/N-ethyl adjacent to an activating group) is 1. The lowest BCUT2D eigenvalue weighted by Crippen LogP contribution is -2.51. The standard InChI is InChI=1S/C18H39N5.HI/c1-14(2)12-17(22(6)7)13-20-18(19-5)21-16-8-10-23(11-9-16)15(3)4;/h14-17H,8-13H2,1-7H3,(H2,19,20,21);1H. The summed E-state index contributed by atoms with van der Waals surface area (Å²) < 4.78 is 0. The van der Waals surface area contributed by atoms with Crippen LogP contribution in [-0.2, 0) is 0 Å². The molecule has 0 bridgehead atoms. The fourth-order valence-corrected chi connectivity index (χ4v) is 3.18. The predicted molar refractivity (Wildman–Crippen MR) is 117 cm³/mol. The highest BCUT2D eigenvalue weighted by Gasteiger charge is 2.21. The molecule has 1 atom stereocenters. The topological polar surface area (TPSA) is 42.9 Å². The molecule has 1 aliphatic rings. The third-order valence-electron chi connectivity index (χ3n) is 4.80. The van der Waals surface area contributed by atoms with E-state index in [0.717, 1.165) is 12.5 Å². The summed E-state index contributed by atoms with van der Waals surface area (Å²) in [6.45, 7) is 12.4. The molecule has 0 aromatic rings. The molecule has 0 spiro atoms. The summed E-state index contributed by atoms with van der Waals surface area (Å²) in [5.74, 6) is 1.66. The molecule has 1 unspecified atom stereocenters. The van der Waals surface area contributed by atoms with Crippen LogP contribution in [0.5, 0.6) is 0 Å². The lowest BCUT2D eigenvalue weighted by molar-refractivity contribution is 0.167. The van der Waals surface area contributed by atoms with Crippen molar-refractivity contribution in [2.45, 2.75) is 65.1 Å². The van der Waals surface area contributed by atoms with Crippen molar-refractivity contribution in [1.82, 2.24) is 20.4 Å². The number of nitrogens with zero attached hydrogens (tertiary/aromatic N) is 3. The Labute approximate surface area is 167 Å². The first-order chi connectivity index (χ1) is 10.8. The molecule has 0 radical (unpaired) electrons. The second kappa shape index (κ2) is 12.3. The van der Waals surface area contributed by atoms with Crippen LogP contribution < -0.4 is 10.6 Å². The Balaban J connectivity index is 0.00000529. The minimum Gasteiger partial charge on any atom is -0.355 e. The lowest BCUT2D eigenvalue weighted by Gasteiger charge is -2.35. The molecule has 0 aromatic carbocycles. The Kier molecular flexibility index (Phi) is 12.3. The van der Waals surface area contributed by atoms with Gasteiger partial charge < -0.3 is 20.4 Å². The van der Waals surface area contributed by atoms with Crippen molar-refractivity contribution in [3.63, 3.8) is 0 Å². The lowest BCUT2D eigenvalue weighted by atomic mass is 10.0. The fourth-order valence-electron chi connectivity index (χ4n) is 3.18. The van der Waals surface area contributed by atoms with Crippen LogP contribution in [0.3, 0.4) is 0 Å². The number of likely N-dealkylation sites (tertiary alicyclic amines) is 1. The van der Waals surface area contributed by atoms with Crippen LogP contribution in [0.15, 0.2) is 4.99 Å². The second-order valence-electron chi connectivity index (χ2n) is 7.75. The quantitative estimate of drug-likeness (QED) is 0.354. The summed E-state index contributed by atoms with van der Waals surface area (Å²) >= 11 is 0. The summed E-state index contributed by atoms with van der Waals surface area (Å²) in [4.78, 5) is 9.27. The maximum Gasteiger partial charge on any atom is 0.191 e. The van der Waals surface area contributed by atoms with E-state index in [4.69, 9.17) is 0 Å². The van der Waals surface area contributed by atoms with E-state index >= 15 is 0 Å². The van der Waals surface area contributed by atoms with Crippen molar-refractivity contribution in [2.24, 2.45) is 10.9 Å². The van der Waals surface area contributed by atoms with Gasteiger partial charge >= 0.3 is 0 Å². The molecular formula is C18H40IN5. The van der Waals surface area contributed by atoms with Gasteiger partial charge in [-0.25, -0.2) is 0 Å². The number of aliphatic imine (C=N–C) groups is 1. The highest BCUT2D eigenvalue weighted by atomic mass is 127. The number of guanidine groups is 1. The van der Waals surface area contributed by atoms with Gasteiger partial charge in [0, 0.05) is 44.8 Å². The molecule has 1 saturated heterocycles. The molecule has 6 heteroatoms. The molecular weight excluding hydrogens is 413 g/mol. The third kappa shape index (κ3) is 8.85. The first-order valence-corrected chi connectivity index (χ1v) is 9.21.